The lowest BCUT2D eigenvalue weighted by Gasteiger charge is -2.21. The maximum Gasteiger partial charge on any atom is 0.291 e. The van der Waals surface area contributed by atoms with Crippen LogP contribution in [-0.4, -0.2) is 28.9 Å². The van der Waals surface area contributed by atoms with Gasteiger partial charge in [-0.25, -0.2) is 0 Å². The van der Waals surface area contributed by atoms with Crippen molar-refractivity contribution in [3.8, 4) is 6.07 Å². The lowest BCUT2D eigenvalue weighted by Crippen LogP contribution is -2.47. The Labute approximate surface area is 157 Å². The summed E-state index contributed by atoms with van der Waals surface area (Å²) in [7, 11) is 0. The highest BCUT2D eigenvalue weighted by Gasteiger charge is 2.36. The number of anilines is 1. The van der Waals surface area contributed by atoms with E-state index in [0.717, 1.165) is 5.75 Å². The first-order valence-electron chi connectivity index (χ1n) is 7.50. The fourth-order valence-corrected chi connectivity index (χ4v) is 4.01. The molecular formula is C17H14BrN3O3S. The standard InChI is InChI=1S/C17H14BrN3O3S/c18-14-5-4-13(24-14)16(23)20-12-3-1-2-11(8-12)15(22)21-17(9-19)6-7-25-10-17/h1-5,8H,6-7,10H2,(H,20,23)(H,21,22). The lowest BCUT2D eigenvalue weighted by molar-refractivity contribution is 0.0924. The molecule has 0 spiro atoms. The number of furan rings is 1. The third kappa shape index (κ3) is 4.06. The molecule has 3 rings (SSSR count). The molecule has 0 saturated carbocycles. The van der Waals surface area contributed by atoms with Gasteiger partial charge in [0.15, 0.2) is 10.4 Å². The summed E-state index contributed by atoms with van der Waals surface area (Å²) in [6.45, 7) is 0. The number of nitrogens with one attached hydrogen (secondary N) is 2. The van der Waals surface area contributed by atoms with E-state index in [4.69, 9.17) is 4.42 Å². The van der Waals surface area contributed by atoms with Crippen molar-refractivity contribution in [3.63, 3.8) is 0 Å². The summed E-state index contributed by atoms with van der Waals surface area (Å²) in [6, 6.07) is 11.9. The van der Waals surface area contributed by atoms with Crippen LogP contribution in [0, 0.1) is 11.3 Å². The molecule has 2 heterocycles. The molecule has 1 aromatic carbocycles. The molecule has 6 nitrogen and oxygen atoms in total. The van der Waals surface area contributed by atoms with Gasteiger partial charge < -0.3 is 15.1 Å². The van der Waals surface area contributed by atoms with E-state index in [1.54, 1.807) is 48.2 Å². The van der Waals surface area contributed by atoms with Crippen molar-refractivity contribution < 1.29 is 14.0 Å². The van der Waals surface area contributed by atoms with Gasteiger partial charge in [-0.1, -0.05) is 6.07 Å². The van der Waals surface area contributed by atoms with E-state index in [2.05, 4.69) is 32.6 Å². The number of carbonyl (C=O) groups is 2. The predicted molar refractivity (Wildman–Crippen MR) is 98.6 cm³/mol. The van der Waals surface area contributed by atoms with Gasteiger partial charge in [-0.05, 0) is 58.4 Å². The molecule has 1 fully saturated rings. The van der Waals surface area contributed by atoms with E-state index in [1.165, 1.54) is 0 Å². The number of halogens is 1. The molecular weight excluding hydrogens is 406 g/mol. The van der Waals surface area contributed by atoms with E-state index >= 15 is 0 Å². The number of nitrogens with zero attached hydrogens (tertiary/aromatic N) is 1. The van der Waals surface area contributed by atoms with Gasteiger partial charge in [0.25, 0.3) is 11.8 Å². The highest BCUT2D eigenvalue weighted by molar-refractivity contribution is 9.10. The summed E-state index contributed by atoms with van der Waals surface area (Å²) in [4.78, 5) is 24.6. The molecule has 2 N–H and O–H groups in total. The molecule has 0 aliphatic carbocycles. The zero-order valence-electron chi connectivity index (χ0n) is 13.0. The predicted octanol–water partition coefficient (Wildman–Crippen LogP) is 3.42. The third-order valence-corrected chi connectivity index (χ3v) is 5.38. The molecule has 1 aliphatic heterocycles. The first-order chi connectivity index (χ1) is 12.0. The van der Waals surface area contributed by atoms with Gasteiger partial charge in [0, 0.05) is 17.0 Å². The van der Waals surface area contributed by atoms with Crippen molar-refractivity contribution in [3.05, 3.63) is 52.4 Å². The highest BCUT2D eigenvalue weighted by Crippen LogP contribution is 2.27. The number of carbonyl (C=O) groups excluding carboxylic acids is 2. The Morgan fingerprint density at radius 3 is 2.76 bits per heavy atom. The smallest absolute Gasteiger partial charge is 0.291 e. The molecule has 25 heavy (non-hydrogen) atoms. The van der Waals surface area contributed by atoms with Crippen LogP contribution < -0.4 is 10.6 Å². The zero-order valence-corrected chi connectivity index (χ0v) is 15.4. The van der Waals surface area contributed by atoms with Gasteiger partial charge in [-0.15, -0.1) is 0 Å². The second-order valence-corrected chi connectivity index (χ2v) is 7.48. The van der Waals surface area contributed by atoms with Crippen molar-refractivity contribution in [1.82, 2.24) is 5.32 Å². The van der Waals surface area contributed by atoms with E-state index in [1.807, 2.05) is 0 Å². The Morgan fingerprint density at radius 1 is 1.28 bits per heavy atom. The summed E-state index contributed by atoms with van der Waals surface area (Å²) in [5.41, 5.74) is 0.0310. The Kier molecular flexibility index (Phi) is 5.16. The fraction of sp³-hybridized carbons (Fsp3) is 0.235. The Hall–Kier alpha value is -2.24. The van der Waals surface area contributed by atoms with Gasteiger partial charge in [0.05, 0.1) is 6.07 Å². The minimum absolute atomic E-state index is 0.160. The lowest BCUT2D eigenvalue weighted by atomic mass is 10.0. The normalized spacial score (nSPS) is 19.2. The van der Waals surface area contributed by atoms with E-state index < -0.39 is 11.4 Å². The second kappa shape index (κ2) is 7.33. The van der Waals surface area contributed by atoms with Crippen LogP contribution in [0.1, 0.15) is 27.3 Å². The average molecular weight is 420 g/mol. The SMILES string of the molecule is N#CC1(NC(=O)c2cccc(NC(=O)c3ccc(Br)o3)c2)CCSC1. The maximum atomic E-state index is 12.5. The largest absolute Gasteiger partial charge is 0.444 e. The van der Waals surface area contributed by atoms with Crippen LogP contribution in [-0.2, 0) is 0 Å². The molecule has 1 saturated heterocycles. The topological polar surface area (TPSA) is 95.1 Å². The van der Waals surface area contributed by atoms with Gasteiger partial charge in [0.1, 0.15) is 5.54 Å². The van der Waals surface area contributed by atoms with Crippen LogP contribution in [0.3, 0.4) is 0 Å². The number of amides is 2. The van der Waals surface area contributed by atoms with E-state index in [-0.39, 0.29) is 11.7 Å². The average Bonchev–Trinajstić information content (AvgIpc) is 3.25. The Balaban J connectivity index is 1.72. The number of benzene rings is 1. The fourth-order valence-electron chi connectivity index (χ4n) is 2.44. The van der Waals surface area contributed by atoms with Gasteiger partial charge in [-0.3, -0.25) is 9.59 Å². The summed E-state index contributed by atoms with van der Waals surface area (Å²) in [5.74, 6) is 0.847. The maximum absolute atomic E-state index is 12.5. The molecule has 0 bridgehead atoms. The first kappa shape index (κ1) is 17.6. The quantitative estimate of drug-likeness (QED) is 0.791. The minimum atomic E-state index is -0.818. The van der Waals surface area contributed by atoms with Crippen LogP contribution in [0.25, 0.3) is 0 Å². The summed E-state index contributed by atoms with van der Waals surface area (Å²) < 4.78 is 5.66. The van der Waals surface area contributed by atoms with Crippen molar-refractivity contribution in [2.75, 3.05) is 16.8 Å². The van der Waals surface area contributed by atoms with Crippen molar-refractivity contribution >= 4 is 45.2 Å². The van der Waals surface area contributed by atoms with Crippen molar-refractivity contribution in [2.24, 2.45) is 0 Å². The van der Waals surface area contributed by atoms with Crippen LogP contribution in [0.4, 0.5) is 5.69 Å². The molecule has 1 aliphatic rings. The van der Waals surface area contributed by atoms with Crippen LogP contribution in [0.15, 0.2) is 45.5 Å². The second-order valence-electron chi connectivity index (χ2n) is 5.59. The molecule has 2 amide bonds. The van der Waals surface area contributed by atoms with Crippen LogP contribution >= 0.6 is 27.7 Å². The molecule has 1 unspecified atom stereocenters. The van der Waals surface area contributed by atoms with E-state index in [0.29, 0.717) is 28.1 Å². The number of nitriles is 1. The van der Waals surface area contributed by atoms with Gasteiger partial charge in [-0.2, -0.15) is 17.0 Å². The minimum Gasteiger partial charge on any atom is -0.444 e. The molecule has 1 atom stereocenters. The van der Waals surface area contributed by atoms with Crippen molar-refractivity contribution in [2.45, 2.75) is 12.0 Å². The number of hydrogen-bond acceptors (Lipinski definition) is 5. The molecule has 128 valence electrons. The highest BCUT2D eigenvalue weighted by atomic mass is 79.9. The number of hydrogen-bond donors (Lipinski definition) is 2. The summed E-state index contributed by atoms with van der Waals surface area (Å²) >= 11 is 4.79. The Bertz CT molecular complexity index is 853. The molecule has 2 aromatic rings. The molecule has 0 radical (unpaired) electrons. The third-order valence-electron chi connectivity index (χ3n) is 3.77. The summed E-state index contributed by atoms with van der Waals surface area (Å²) in [6.07, 6.45) is 0.629. The Morgan fingerprint density at radius 2 is 2.12 bits per heavy atom. The zero-order chi connectivity index (χ0) is 17.9. The van der Waals surface area contributed by atoms with Crippen LogP contribution in [0.2, 0.25) is 0 Å². The van der Waals surface area contributed by atoms with E-state index in [9.17, 15) is 14.9 Å². The summed E-state index contributed by atoms with van der Waals surface area (Å²) in [5, 5.41) is 14.9. The van der Waals surface area contributed by atoms with Gasteiger partial charge in [0.2, 0.25) is 0 Å². The molecule has 1 aromatic heterocycles. The first-order valence-corrected chi connectivity index (χ1v) is 9.44. The van der Waals surface area contributed by atoms with Crippen molar-refractivity contribution in [1.29, 1.82) is 5.26 Å². The van der Waals surface area contributed by atoms with Gasteiger partial charge >= 0.3 is 0 Å². The number of thioether (sulfide) groups is 1. The molecule has 8 heteroatoms. The monoisotopic (exact) mass is 419 g/mol. The number of rotatable bonds is 4. The van der Waals surface area contributed by atoms with Crippen LogP contribution in [0.5, 0.6) is 0 Å².